The molecule has 0 aliphatic carbocycles. The van der Waals surface area contributed by atoms with Gasteiger partial charge in [0.25, 0.3) is 0 Å². The summed E-state index contributed by atoms with van der Waals surface area (Å²) in [4.78, 5) is 12.4. The lowest BCUT2D eigenvalue weighted by Crippen LogP contribution is -2.39. The smallest absolute Gasteiger partial charge is 0.226 e. The molecule has 1 saturated heterocycles. The molecule has 2 aromatic carbocycles. The lowest BCUT2D eigenvalue weighted by Gasteiger charge is -2.32. The average Bonchev–Trinajstić information content (AvgIpc) is 3.47. The Morgan fingerprint density at radius 3 is 2.47 bits per heavy atom. The molecule has 3 aromatic heterocycles. The van der Waals surface area contributed by atoms with Crippen LogP contribution in [0.2, 0.25) is 0 Å². The van der Waals surface area contributed by atoms with Crippen LogP contribution in [-0.2, 0) is 19.5 Å². The summed E-state index contributed by atoms with van der Waals surface area (Å²) >= 11 is 0. The van der Waals surface area contributed by atoms with E-state index in [1.165, 1.54) is 5.56 Å². The van der Waals surface area contributed by atoms with E-state index in [9.17, 15) is 0 Å². The van der Waals surface area contributed by atoms with Crippen molar-refractivity contribution in [2.24, 2.45) is 0 Å². The van der Waals surface area contributed by atoms with Crippen LogP contribution >= 0.6 is 0 Å². The van der Waals surface area contributed by atoms with Gasteiger partial charge in [0.15, 0.2) is 11.5 Å². The first-order chi connectivity index (χ1) is 17.6. The fourth-order valence-electron chi connectivity index (χ4n) is 5.16. The number of hydrogen-bond donors (Lipinski definition) is 1. The number of piperidine rings is 1. The second-order valence-corrected chi connectivity index (χ2v) is 9.80. The molecule has 8 heteroatoms. The minimum atomic E-state index is 0.358. The van der Waals surface area contributed by atoms with Crippen molar-refractivity contribution in [1.29, 1.82) is 0 Å². The standard InChI is InChI=1S/C28H32N8/c1-20-18-21(2)35(32-20)17-14-26-31-27-24-10-6-7-11-25(24)30-28(36(27)33-26)29-23-12-15-34(16-13-23)19-22-8-4-3-5-9-22/h3-11,18,23H,12-17,19H2,1-2H3,(H,29,30). The van der Waals surface area contributed by atoms with E-state index in [1.54, 1.807) is 0 Å². The number of para-hydroxylation sites is 1. The highest BCUT2D eigenvalue weighted by Crippen LogP contribution is 2.23. The fourth-order valence-corrected chi connectivity index (χ4v) is 5.16. The number of likely N-dealkylation sites (tertiary alicyclic amines) is 1. The third-order valence-corrected chi connectivity index (χ3v) is 7.04. The zero-order chi connectivity index (χ0) is 24.5. The Bertz CT molecular complexity index is 1480. The van der Waals surface area contributed by atoms with E-state index in [-0.39, 0.29) is 0 Å². The lowest BCUT2D eigenvalue weighted by molar-refractivity contribution is 0.211. The molecule has 0 unspecified atom stereocenters. The summed E-state index contributed by atoms with van der Waals surface area (Å²) in [5, 5.41) is 14.2. The Morgan fingerprint density at radius 2 is 1.69 bits per heavy atom. The van der Waals surface area contributed by atoms with Gasteiger partial charge in [-0.2, -0.15) is 9.61 Å². The Balaban J connectivity index is 1.21. The van der Waals surface area contributed by atoms with Crippen LogP contribution in [-0.4, -0.2) is 53.4 Å². The number of aromatic nitrogens is 6. The number of hydrogen-bond acceptors (Lipinski definition) is 6. The molecule has 0 amide bonds. The van der Waals surface area contributed by atoms with Crippen LogP contribution in [0.4, 0.5) is 5.95 Å². The van der Waals surface area contributed by atoms with Crippen molar-refractivity contribution in [1.82, 2.24) is 34.3 Å². The largest absolute Gasteiger partial charge is 0.351 e. The van der Waals surface area contributed by atoms with Crippen molar-refractivity contribution in [2.45, 2.75) is 52.2 Å². The quantitative estimate of drug-likeness (QED) is 0.372. The third kappa shape index (κ3) is 4.68. The van der Waals surface area contributed by atoms with Crippen molar-refractivity contribution in [2.75, 3.05) is 18.4 Å². The maximum atomic E-state index is 4.95. The van der Waals surface area contributed by atoms with Crippen LogP contribution in [0.3, 0.4) is 0 Å². The molecule has 0 bridgehead atoms. The molecule has 1 N–H and O–H groups in total. The molecular weight excluding hydrogens is 448 g/mol. The zero-order valence-electron chi connectivity index (χ0n) is 20.9. The highest BCUT2D eigenvalue weighted by Gasteiger charge is 2.22. The van der Waals surface area contributed by atoms with Gasteiger partial charge in [0.2, 0.25) is 5.95 Å². The Labute approximate surface area is 211 Å². The molecule has 0 radical (unpaired) electrons. The van der Waals surface area contributed by atoms with Gasteiger partial charge in [-0.3, -0.25) is 9.58 Å². The van der Waals surface area contributed by atoms with Crippen molar-refractivity contribution in [3.8, 4) is 0 Å². The van der Waals surface area contributed by atoms with E-state index < -0.39 is 0 Å². The van der Waals surface area contributed by atoms with Gasteiger partial charge < -0.3 is 5.32 Å². The number of rotatable bonds is 7. The van der Waals surface area contributed by atoms with E-state index in [2.05, 4.69) is 64.7 Å². The van der Waals surface area contributed by atoms with Crippen molar-refractivity contribution < 1.29 is 0 Å². The van der Waals surface area contributed by atoms with E-state index in [0.717, 1.165) is 85.2 Å². The van der Waals surface area contributed by atoms with Crippen LogP contribution in [0.15, 0.2) is 60.7 Å². The van der Waals surface area contributed by atoms with Crippen LogP contribution in [0, 0.1) is 13.8 Å². The van der Waals surface area contributed by atoms with Gasteiger partial charge in [-0.1, -0.05) is 42.5 Å². The first kappa shape index (κ1) is 22.7. The number of aryl methyl sites for hydroxylation is 4. The number of fused-ring (bicyclic) bond motifs is 3. The zero-order valence-corrected chi connectivity index (χ0v) is 20.9. The SMILES string of the molecule is Cc1cc(C)n(CCc2nc3c4ccccc4nc(NC4CCN(Cc5ccccc5)CC4)n3n2)n1. The van der Waals surface area contributed by atoms with Gasteiger partial charge in [-0.15, -0.1) is 5.10 Å². The second kappa shape index (κ2) is 9.70. The van der Waals surface area contributed by atoms with Crippen molar-refractivity contribution in [3.05, 3.63) is 83.4 Å². The molecule has 1 fully saturated rings. The van der Waals surface area contributed by atoms with Gasteiger partial charge in [0, 0.05) is 49.7 Å². The molecule has 1 aliphatic rings. The van der Waals surface area contributed by atoms with Crippen molar-refractivity contribution >= 4 is 22.5 Å². The second-order valence-electron chi connectivity index (χ2n) is 9.80. The Hall–Kier alpha value is -3.78. The van der Waals surface area contributed by atoms with Crippen LogP contribution in [0.25, 0.3) is 16.6 Å². The first-order valence-corrected chi connectivity index (χ1v) is 12.8. The molecule has 5 aromatic rings. The highest BCUT2D eigenvalue weighted by atomic mass is 15.4. The molecule has 1 aliphatic heterocycles. The summed E-state index contributed by atoms with van der Waals surface area (Å²) in [5.41, 5.74) is 5.35. The number of anilines is 1. The monoisotopic (exact) mass is 480 g/mol. The van der Waals surface area contributed by atoms with Crippen LogP contribution in [0.5, 0.6) is 0 Å². The van der Waals surface area contributed by atoms with Gasteiger partial charge in [-0.05, 0) is 50.5 Å². The van der Waals surface area contributed by atoms with E-state index >= 15 is 0 Å². The maximum Gasteiger partial charge on any atom is 0.226 e. The summed E-state index contributed by atoms with van der Waals surface area (Å²) in [7, 11) is 0. The maximum absolute atomic E-state index is 4.95. The fraction of sp³-hybridized carbons (Fsp3) is 0.357. The number of nitrogens with zero attached hydrogens (tertiary/aromatic N) is 7. The minimum Gasteiger partial charge on any atom is -0.351 e. The number of nitrogens with one attached hydrogen (secondary N) is 1. The molecule has 8 nitrogen and oxygen atoms in total. The molecule has 4 heterocycles. The lowest BCUT2D eigenvalue weighted by atomic mass is 10.0. The summed E-state index contributed by atoms with van der Waals surface area (Å²) in [5.74, 6) is 1.58. The van der Waals surface area contributed by atoms with E-state index in [0.29, 0.717) is 6.04 Å². The van der Waals surface area contributed by atoms with Crippen molar-refractivity contribution in [3.63, 3.8) is 0 Å². The van der Waals surface area contributed by atoms with Gasteiger partial charge in [-0.25, -0.2) is 9.97 Å². The van der Waals surface area contributed by atoms with Gasteiger partial charge >= 0.3 is 0 Å². The topological polar surface area (TPSA) is 76.2 Å². The molecule has 184 valence electrons. The molecule has 0 atom stereocenters. The highest BCUT2D eigenvalue weighted by molar-refractivity contribution is 5.92. The Kier molecular flexibility index (Phi) is 6.11. The van der Waals surface area contributed by atoms with E-state index in [1.807, 2.05) is 34.3 Å². The van der Waals surface area contributed by atoms with Gasteiger partial charge in [0.05, 0.1) is 11.2 Å². The summed E-state index contributed by atoms with van der Waals surface area (Å²) in [6, 6.07) is 21.4. The normalized spacial score (nSPS) is 15.2. The molecule has 0 saturated carbocycles. The molecule has 6 rings (SSSR count). The molecule has 0 spiro atoms. The molecule has 36 heavy (non-hydrogen) atoms. The predicted octanol–water partition coefficient (Wildman–Crippen LogP) is 4.41. The predicted molar refractivity (Wildman–Crippen MR) is 142 cm³/mol. The number of benzene rings is 2. The minimum absolute atomic E-state index is 0.358. The first-order valence-electron chi connectivity index (χ1n) is 12.8. The summed E-state index contributed by atoms with van der Waals surface area (Å²) in [6.45, 7) is 8.00. The molecular formula is C28H32N8. The average molecular weight is 481 g/mol. The summed E-state index contributed by atoms with van der Waals surface area (Å²) in [6.07, 6.45) is 2.86. The van der Waals surface area contributed by atoms with Crippen LogP contribution < -0.4 is 5.32 Å². The van der Waals surface area contributed by atoms with E-state index in [4.69, 9.17) is 15.1 Å². The Morgan fingerprint density at radius 1 is 0.917 bits per heavy atom. The summed E-state index contributed by atoms with van der Waals surface area (Å²) < 4.78 is 3.93. The van der Waals surface area contributed by atoms with Gasteiger partial charge in [0.1, 0.15) is 0 Å². The van der Waals surface area contributed by atoms with Crippen LogP contribution in [0.1, 0.15) is 35.6 Å². The third-order valence-electron chi connectivity index (χ3n) is 7.04.